The maximum absolute atomic E-state index is 13.1. The predicted molar refractivity (Wildman–Crippen MR) is 82.8 cm³/mol. The van der Waals surface area contributed by atoms with E-state index in [4.69, 9.17) is 0 Å². The van der Waals surface area contributed by atoms with E-state index in [1.165, 1.54) is 12.1 Å². The van der Waals surface area contributed by atoms with Gasteiger partial charge in [-0.05, 0) is 51.3 Å². The van der Waals surface area contributed by atoms with Crippen molar-refractivity contribution in [2.45, 2.75) is 51.5 Å². The van der Waals surface area contributed by atoms with Crippen molar-refractivity contribution >= 4 is 6.03 Å². The van der Waals surface area contributed by atoms with Crippen molar-refractivity contribution in [2.24, 2.45) is 0 Å². The Hall–Kier alpha value is -1.58. The van der Waals surface area contributed by atoms with Crippen molar-refractivity contribution in [3.63, 3.8) is 0 Å². The molecule has 1 aromatic rings. The zero-order chi connectivity index (χ0) is 15.5. The van der Waals surface area contributed by atoms with Crippen LogP contribution < -0.4 is 5.32 Å². The number of amides is 2. The van der Waals surface area contributed by atoms with E-state index in [1.807, 2.05) is 37.8 Å². The molecular weight excluding hydrogens is 267 g/mol. The van der Waals surface area contributed by atoms with Gasteiger partial charge >= 0.3 is 6.03 Å². The number of rotatable bonds is 1. The lowest BCUT2D eigenvalue weighted by atomic mass is 9.94. The zero-order valence-electron chi connectivity index (χ0n) is 13.2. The Labute approximate surface area is 126 Å². The second kappa shape index (κ2) is 6.46. The zero-order valence-corrected chi connectivity index (χ0v) is 13.2. The van der Waals surface area contributed by atoms with E-state index in [0.29, 0.717) is 12.5 Å². The third-order valence-corrected chi connectivity index (χ3v) is 3.78. The van der Waals surface area contributed by atoms with Crippen molar-refractivity contribution in [3.8, 4) is 0 Å². The van der Waals surface area contributed by atoms with Crippen LogP contribution in [0.25, 0.3) is 0 Å². The molecule has 0 bridgehead atoms. The number of hydrogen-bond donors (Lipinski definition) is 1. The lowest BCUT2D eigenvalue weighted by Crippen LogP contribution is -2.49. The first kappa shape index (κ1) is 15.8. The number of likely N-dealkylation sites (tertiary alicyclic amines) is 1. The molecule has 4 heteroatoms. The van der Waals surface area contributed by atoms with Gasteiger partial charge in [0.25, 0.3) is 0 Å². The van der Waals surface area contributed by atoms with E-state index < -0.39 is 0 Å². The molecule has 1 aromatic carbocycles. The van der Waals surface area contributed by atoms with E-state index >= 15 is 0 Å². The molecule has 2 rings (SSSR count). The van der Waals surface area contributed by atoms with Gasteiger partial charge in [-0.15, -0.1) is 0 Å². The number of urea groups is 1. The van der Waals surface area contributed by atoms with E-state index in [1.54, 1.807) is 0 Å². The number of carbonyl (C=O) groups excluding carboxylic acids is 1. The Morgan fingerprint density at radius 1 is 1.24 bits per heavy atom. The summed E-state index contributed by atoms with van der Waals surface area (Å²) in [4.78, 5) is 14.2. The highest BCUT2D eigenvalue weighted by Crippen LogP contribution is 2.26. The van der Waals surface area contributed by atoms with Gasteiger partial charge in [-0.3, -0.25) is 0 Å². The van der Waals surface area contributed by atoms with Crippen LogP contribution in [0.4, 0.5) is 9.18 Å². The molecule has 2 amide bonds. The van der Waals surface area contributed by atoms with Crippen LogP contribution in [0.5, 0.6) is 0 Å². The summed E-state index contributed by atoms with van der Waals surface area (Å²) >= 11 is 0. The fourth-order valence-corrected chi connectivity index (χ4v) is 2.73. The minimum Gasteiger partial charge on any atom is -0.333 e. The number of carbonyl (C=O) groups is 1. The van der Waals surface area contributed by atoms with Crippen molar-refractivity contribution in [1.82, 2.24) is 10.2 Å². The lowest BCUT2D eigenvalue weighted by molar-refractivity contribution is 0.188. The van der Waals surface area contributed by atoms with Gasteiger partial charge in [0.05, 0.1) is 0 Å². The van der Waals surface area contributed by atoms with E-state index in [2.05, 4.69) is 5.32 Å². The van der Waals surface area contributed by atoms with Gasteiger partial charge in [-0.1, -0.05) is 18.6 Å². The molecule has 1 saturated heterocycles. The number of nitrogens with one attached hydrogen (secondary N) is 1. The molecule has 1 aliphatic heterocycles. The van der Waals surface area contributed by atoms with Gasteiger partial charge in [0.15, 0.2) is 0 Å². The summed E-state index contributed by atoms with van der Waals surface area (Å²) in [6.45, 7) is 7.45. The molecule has 0 radical (unpaired) electrons. The largest absolute Gasteiger partial charge is 0.333 e. The maximum Gasteiger partial charge on any atom is 0.317 e. The molecule has 0 aliphatic carbocycles. The lowest BCUT2D eigenvalue weighted by Gasteiger charge is -2.29. The molecule has 1 unspecified atom stereocenters. The third kappa shape index (κ3) is 4.73. The van der Waals surface area contributed by atoms with Crippen LogP contribution in [0.2, 0.25) is 0 Å². The Balaban J connectivity index is 2.07. The van der Waals surface area contributed by atoms with Crippen molar-refractivity contribution in [2.75, 3.05) is 13.1 Å². The van der Waals surface area contributed by atoms with Gasteiger partial charge in [-0.25, -0.2) is 9.18 Å². The quantitative estimate of drug-likeness (QED) is 0.836. The standard InChI is InChI=1S/C17H25FN2O/c1-17(2,3)19-16(21)20-11-5-4-6-14(12-20)13-7-9-15(18)10-8-13/h7-10,14H,4-6,11-12H2,1-3H3,(H,19,21). The summed E-state index contributed by atoms with van der Waals surface area (Å²) in [5, 5.41) is 3.02. The summed E-state index contributed by atoms with van der Waals surface area (Å²) in [7, 11) is 0. The van der Waals surface area contributed by atoms with Crippen LogP contribution in [0, 0.1) is 5.82 Å². The minimum absolute atomic E-state index is 0.00323. The number of hydrogen-bond acceptors (Lipinski definition) is 1. The van der Waals surface area contributed by atoms with Crippen LogP contribution in [0.1, 0.15) is 51.5 Å². The monoisotopic (exact) mass is 292 g/mol. The van der Waals surface area contributed by atoms with Crippen molar-refractivity contribution in [3.05, 3.63) is 35.6 Å². The molecule has 1 heterocycles. The van der Waals surface area contributed by atoms with E-state index in [-0.39, 0.29) is 17.4 Å². The molecule has 1 atom stereocenters. The number of nitrogens with zero attached hydrogens (tertiary/aromatic N) is 1. The summed E-state index contributed by atoms with van der Waals surface area (Å²) in [5.74, 6) is 0.0773. The molecule has 1 N–H and O–H groups in total. The first-order valence-corrected chi connectivity index (χ1v) is 7.68. The highest BCUT2D eigenvalue weighted by Gasteiger charge is 2.25. The fraction of sp³-hybridized carbons (Fsp3) is 0.588. The number of benzene rings is 1. The predicted octanol–water partition coefficient (Wildman–Crippen LogP) is 3.90. The van der Waals surface area contributed by atoms with E-state index in [0.717, 1.165) is 31.4 Å². The molecule has 21 heavy (non-hydrogen) atoms. The normalized spacial score (nSPS) is 20.0. The highest BCUT2D eigenvalue weighted by molar-refractivity contribution is 5.75. The van der Waals surface area contributed by atoms with Crippen LogP contribution in [0.3, 0.4) is 0 Å². The summed E-state index contributed by atoms with van der Waals surface area (Å²) < 4.78 is 13.1. The summed E-state index contributed by atoms with van der Waals surface area (Å²) in [5.41, 5.74) is 0.890. The molecule has 0 saturated carbocycles. The van der Waals surface area contributed by atoms with Crippen molar-refractivity contribution < 1.29 is 9.18 Å². The number of halogens is 1. The average Bonchev–Trinajstić information content (AvgIpc) is 2.63. The maximum atomic E-state index is 13.1. The smallest absolute Gasteiger partial charge is 0.317 e. The van der Waals surface area contributed by atoms with Gasteiger partial charge in [0, 0.05) is 24.5 Å². The molecule has 0 aromatic heterocycles. The van der Waals surface area contributed by atoms with E-state index in [9.17, 15) is 9.18 Å². The summed E-state index contributed by atoms with van der Waals surface area (Å²) in [6.07, 6.45) is 3.17. The Bertz CT molecular complexity index is 479. The molecule has 1 aliphatic rings. The fourth-order valence-electron chi connectivity index (χ4n) is 2.73. The topological polar surface area (TPSA) is 32.3 Å². The van der Waals surface area contributed by atoms with Crippen LogP contribution >= 0.6 is 0 Å². The first-order chi connectivity index (χ1) is 9.85. The third-order valence-electron chi connectivity index (χ3n) is 3.78. The minimum atomic E-state index is -0.227. The first-order valence-electron chi connectivity index (χ1n) is 7.68. The molecule has 116 valence electrons. The van der Waals surface area contributed by atoms with Crippen LogP contribution in [-0.2, 0) is 0 Å². The van der Waals surface area contributed by atoms with Gasteiger partial charge in [-0.2, -0.15) is 0 Å². The molecular formula is C17H25FN2O. The van der Waals surface area contributed by atoms with Crippen LogP contribution in [-0.4, -0.2) is 29.6 Å². The van der Waals surface area contributed by atoms with Gasteiger partial charge < -0.3 is 10.2 Å². The average molecular weight is 292 g/mol. The molecule has 1 fully saturated rings. The molecule has 3 nitrogen and oxygen atoms in total. The van der Waals surface area contributed by atoms with Crippen molar-refractivity contribution in [1.29, 1.82) is 0 Å². The summed E-state index contributed by atoms with van der Waals surface area (Å²) in [6, 6.07) is 6.67. The van der Waals surface area contributed by atoms with Gasteiger partial charge in [0.1, 0.15) is 5.82 Å². The Kier molecular flexibility index (Phi) is 4.86. The second-order valence-electron chi connectivity index (χ2n) is 6.87. The second-order valence-corrected chi connectivity index (χ2v) is 6.87. The van der Waals surface area contributed by atoms with Gasteiger partial charge in [0.2, 0.25) is 0 Å². The SMILES string of the molecule is CC(C)(C)NC(=O)N1CCCCC(c2ccc(F)cc2)C1. The Morgan fingerprint density at radius 2 is 1.90 bits per heavy atom. The molecule has 0 spiro atoms. The Morgan fingerprint density at radius 3 is 2.52 bits per heavy atom. The highest BCUT2D eigenvalue weighted by atomic mass is 19.1. The van der Waals surface area contributed by atoms with Crippen LogP contribution in [0.15, 0.2) is 24.3 Å².